The van der Waals surface area contributed by atoms with Crippen LogP contribution in [0.5, 0.6) is 0 Å². The fourth-order valence-electron chi connectivity index (χ4n) is 7.89. The van der Waals surface area contributed by atoms with Crippen molar-refractivity contribution in [3.05, 3.63) is 224 Å². The smallest absolute Gasteiger partial charge is 0.143 e. The molecule has 1 heterocycles. The number of fused-ring (bicyclic) bond motifs is 3. The first-order chi connectivity index (χ1) is 27.8. The van der Waals surface area contributed by atoms with Gasteiger partial charge < -0.3 is 9.32 Å². The first-order valence-corrected chi connectivity index (χ1v) is 19.1. The Labute approximate surface area is 327 Å². The number of hydrogen-bond donors (Lipinski definition) is 0. The largest absolute Gasteiger partial charge is 0.455 e. The molecule has 9 aromatic carbocycles. The highest BCUT2D eigenvalue weighted by Gasteiger charge is 2.18. The normalized spacial score (nSPS) is 11.2. The Kier molecular flexibility index (Phi) is 8.55. The summed E-state index contributed by atoms with van der Waals surface area (Å²) in [5, 5.41) is 2.26. The summed E-state index contributed by atoms with van der Waals surface area (Å²) in [7, 11) is 0. The van der Waals surface area contributed by atoms with E-state index in [1.807, 2.05) is 12.1 Å². The van der Waals surface area contributed by atoms with Gasteiger partial charge in [-0.3, -0.25) is 0 Å². The fourth-order valence-corrected chi connectivity index (χ4v) is 7.89. The van der Waals surface area contributed by atoms with Gasteiger partial charge in [-0.05, 0) is 98.6 Å². The minimum absolute atomic E-state index is 0.900. The molecule has 0 atom stereocenters. The highest BCUT2D eigenvalue weighted by molar-refractivity contribution is 6.10. The van der Waals surface area contributed by atoms with Gasteiger partial charge in [-0.1, -0.05) is 176 Å². The van der Waals surface area contributed by atoms with E-state index in [1.165, 1.54) is 33.4 Å². The molecule has 2 heteroatoms. The summed E-state index contributed by atoms with van der Waals surface area (Å²) in [6, 6.07) is 80.0. The van der Waals surface area contributed by atoms with Crippen LogP contribution in [0.15, 0.2) is 229 Å². The lowest BCUT2D eigenvalue weighted by atomic mass is 9.90. The minimum atomic E-state index is 0.900. The molecule has 0 spiro atoms. The second-order valence-electron chi connectivity index (χ2n) is 14.1. The van der Waals surface area contributed by atoms with Crippen molar-refractivity contribution in [2.24, 2.45) is 0 Å². The average molecular weight is 716 g/mol. The van der Waals surface area contributed by atoms with Crippen LogP contribution in [-0.2, 0) is 0 Å². The third-order valence-corrected chi connectivity index (χ3v) is 10.7. The highest BCUT2D eigenvalue weighted by Crippen LogP contribution is 2.43. The molecule has 2 nitrogen and oxygen atoms in total. The number of nitrogens with zero attached hydrogens (tertiary/aromatic N) is 1. The Bertz CT molecular complexity index is 2830. The lowest BCUT2D eigenvalue weighted by molar-refractivity contribution is 0.670. The predicted octanol–water partition coefficient (Wildman–Crippen LogP) is 15.4. The number of rotatable bonds is 8. The second kappa shape index (κ2) is 14.4. The number of furan rings is 1. The summed E-state index contributed by atoms with van der Waals surface area (Å²) in [6.45, 7) is 0. The zero-order chi connectivity index (χ0) is 37.3. The maximum absolute atomic E-state index is 6.56. The Morgan fingerprint density at radius 1 is 0.268 bits per heavy atom. The molecule has 0 saturated carbocycles. The molecule has 0 amide bonds. The van der Waals surface area contributed by atoms with Crippen molar-refractivity contribution in [1.29, 1.82) is 0 Å². The number of hydrogen-bond acceptors (Lipinski definition) is 2. The van der Waals surface area contributed by atoms with E-state index in [0.29, 0.717) is 0 Å². The van der Waals surface area contributed by atoms with Gasteiger partial charge in [0.1, 0.15) is 11.2 Å². The predicted molar refractivity (Wildman–Crippen MR) is 236 cm³/mol. The van der Waals surface area contributed by atoms with E-state index in [0.717, 1.165) is 61.3 Å². The lowest BCUT2D eigenvalue weighted by Gasteiger charge is -2.26. The molecule has 10 aromatic rings. The highest BCUT2D eigenvalue weighted by atomic mass is 16.3. The summed E-state index contributed by atoms with van der Waals surface area (Å²) < 4.78 is 6.56. The topological polar surface area (TPSA) is 16.4 Å². The molecule has 0 bridgehead atoms. The quantitative estimate of drug-likeness (QED) is 0.156. The van der Waals surface area contributed by atoms with E-state index in [1.54, 1.807) is 0 Å². The van der Waals surface area contributed by atoms with Crippen molar-refractivity contribution in [3.8, 4) is 55.6 Å². The standard InChI is InChI=1S/C54H37NO/c1-4-13-38(14-5-1)40-23-30-45(31-24-40)55(46-32-25-41(26-33-46)39-15-6-2-7-16-39)47-34-27-42(28-35-47)44-29-36-48(43-17-8-3-9-18-43)52(37-44)51-21-12-20-50-49-19-10-11-22-53(49)56-54(50)51/h1-37H. The molecule has 0 N–H and O–H groups in total. The van der Waals surface area contributed by atoms with Crippen molar-refractivity contribution in [2.45, 2.75) is 0 Å². The zero-order valence-electron chi connectivity index (χ0n) is 30.7. The minimum Gasteiger partial charge on any atom is -0.455 e. The third-order valence-electron chi connectivity index (χ3n) is 10.7. The summed E-state index contributed by atoms with van der Waals surface area (Å²) in [5.41, 5.74) is 16.7. The van der Waals surface area contributed by atoms with Crippen LogP contribution >= 0.6 is 0 Å². The third kappa shape index (κ3) is 6.24. The zero-order valence-corrected chi connectivity index (χ0v) is 30.7. The lowest BCUT2D eigenvalue weighted by Crippen LogP contribution is -2.09. The van der Waals surface area contributed by atoms with Gasteiger partial charge in [-0.25, -0.2) is 0 Å². The molecular formula is C54H37NO. The monoisotopic (exact) mass is 715 g/mol. The summed E-state index contributed by atoms with van der Waals surface area (Å²) in [6.07, 6.45) is 0. The molecule has 10 rings (SSSR count). The van der Waals surface area contributed by atoms with Crippen LogP contribution in [0.1, 0.15) is 0 Å². The van der Waals surface area contributed by atoms with Crippen molar-refractivity contribution in [1.82, 2.24) is 0 Å². The van der Waals surface area contributed by atoms with Crippen LogP contribution in [0, 0.1) is 0 Å². The Morgan fingerprint density at radius 2 is 0.696 bits per heavy atom. The SMILES string of the molecule is c1ccc(-c2ccc(N(c3ccc(-c4ccccc4)cc3)c3ccc(-c4ccc(-c5ccccc5)c(-c5cccc6c5oc5ccccc56)c4)cc3)cc2)cc1. The molecule has 0 aliphatic heterocycles. The van der Waals surface area contributed by atoms with Crippen LogP contribution in [0.3, 0.4) is 0 Å². The average Bonchev–Trinajstić information content (AvgIpc) is 3.67. The van der Waals surface area contributed by atoms with Gasteiger partial charge in [0.25, 0.3) is 0 Å². The first-order valence-electron chi connectivity index (χ1n) is 19.1. The Morgan fingerprint density at radius 3 is 1.25 bits per heavy atom. The molecule has 0 saturated heterocycles. The Balaban J connectivity index is 1.06. The van der Waals surface area contributed by atoms with E-state index < -0.39 is 0 Å². The van der Waals surface area contributed by atoms with Crippen molar-refractivity contribution in [3.63, 3.8) is 0 Å². The summed E-state index contributed by atoms with van der Waals surface area (Å²) in [5.74, 6) is 0. The van der Waals surface area contributed by atoms with E-state index in [9.17, 15) is 0 Å². The van der Waals surface area contributed by atoms with E-state index in [2.05, 4.69) is 217 Å². The van der Waals surface area contributed by atoms with Crippen molar-refractivity contribution < 1.29 is 4.42 Å². The fraction of sp³-hybridized carbons (Fsp3) is 0. The molecule has 0 aliphatic rings. The number of benzene rings is 9. The van der Waals surface area contributed by atoms with Gasteiger partial charge in [-0.2, -0.15) is 0 Å². The molecule has 264 valence electrons. The maximum atomic E-state index is 6.56. The van der Waals surface area contributed by atoms with Gasteiger partial charge in [0.05, 0.1) is 0 Å². The van der Waals surface area contributed by atoms with Crippen LogP contribution in [0.4, 0.5) is 17.1 Å². The van der Waals surface area contributed by atoms with Crippen molar-refractivity contribution in [2.75, 3.05) is 4.90 Å². The van der Waals surface area contributed by atoms with Gasteiger partial charge in [0.15, 0.2) is 0 Å². The Hall–Kier alpha value is -7.42. The molecule has 0 radical (unpaired) electrons. The molecular weight excluding hydrogens is 679 g/mol. The van der Waals surface area contributed by atoms with E-state index in [4.69, 9.17) is 4.42 Å². The van der Waals surface area contributed by atoms with Crippen LogP contribution < -0.4 is 4.90 Å². The summed E-state index contributed by atoms with van der Waals surface area (Å²) in [4.78, 5) is 2.33. The number of anilines is 3. The van der Waals surface area contributed by atoms with E-state index in [-0.39, 0.29) is 0 Å². The molecule has 1 aromatic heterocycles. The second-order valence-corrected chi connectivity index (χ2v) is 14.1. The molecule has 56 heavy (non-hydrogen) atoms. The maximum Gasteiger partial charge on any atom is 0.143 e. The molecule has 0 aliphatic carbocycles. The van der Waals surface area contributed by atoms with Crippen LogP contribution in [0.2, 0.25) is 0 Å². The van der Waals surface area contributed by atoms with Gasteiger partial charge in [-0.15, -0.1) is 0 Å². The molecule has 0 unspecified atom stereocenters. The summed E-state index contributed by atoms with van der Waals surface area (Å²) >= 11 is 0. The van der Waals surface area contributed by atoms with Gasteiger partial charge in [0, 0.05) is 33.4 Å². The van der Waals surface area contributed by atoms with Gasteiger partial charge in [0.2, 0.25) is 0 Å². The molecule has 0 fully saturated rings. The van der Waals surface area contributed by atoms with E-state index >= 15 is 0 Å². The van der Waals surface area contributed by atoms with Crippen LogP contribution in [-0.4, -0.2) is 0 Å². The van der Waals surface area contributed by atoms with Crippen LogP contribution in [0.25, 0.3) is 77.6 Å². The number of para-hydroxylation sites is 2. The van der Waals surface area contributed by atoms with Crippen molar-refractivity contribution >= 4 is 39.0 Å². The van der Waals surface area contributed by atoms with Gasteiger partial charge >= 0.3 is 0 Å². The first kappa shape index (κ1) is 33.2.